The summed E-state index contributed by atoms with van der Waals surface area (Å²) in [5, 5.41) is 0. The molecule has 0 spiro atoms. The molecule has 0 heterocycles. The predicted molar refractivity (Wildman–Crippen MR) is 93.6 cm³/mol. The van der Waals surface area contributed by atoms with Gasteiger partial charge in [0.2, 0.25) is 0 Å². The van der Waals surface area contributed by atoms with Gasteiger partial charge in [-0.3, -0.25) is 0 Å². The minimum absolute atomic E-state index is 0.980. The highest BCUT2D eigenvalue weighted by molar-refractivity contribution is 7.80. The molecule has 0 fully saturated rings. The van der Waals surface area contributed by atoms with Crippen LogP contribution in [-0.4, -0.2) is 0 Å². The molecular weight excluding hydrogens is 272 g/mol. The number of hydrogen-bond acceptors (Lipinski definition) is 1. The number of thiol groups is 1. The number of benzene rings is 3. The van der Waals surface area contributed by atoms with Gasteiger partial charge in [0.25, 0.3) is 0 Å². The second kappa shape index (κ2) is 6.47. The van der Waals surface area contributed by atoms with Crippen molar-refractivity contribution in [3.8, 4) is 0 Å². The third-order valence-electron chi connectivity index (χ3n) is 3.37. The quantitative estimate of drug-likeness (QED) is 0.473. The lowest BCUT2D eigenvalue weighted by atomic mass is 9.96. The minimum atomic E-state index is 0.980. The minimum Gasteiger partial charge on any atom is -0.143 e. The normalized spacial score (nSPS) is 10.1. The van der Waals surface area contributed by atoms with Gasteiger partial charge in [-0.25, -0.2) is 0 Å². The van der Waals surface area contributed by atoms with Gasteiger partial charge in [-0.1, -0.05) is 72.8 Å². The van der Waals surface area contributed by atoms with Gasteiger partial charge in [0.15, 0.2) is 0 Å². The fourth-order valence-corrected chi connectivity index (χ4v) is 2.46. The summed E-state index contributed by atoms with van der Waals surface area (Å²) >= 11 is 4.34. The zero-order valence-corrected chi connectivity index (χ0v) is 12.5. The molecule has 0 aromatic heterocycles. The van der Waals surface area contributed by atoms with E-state index in [9.17, 15) is 0 Å². The second-order valence-corrected chi connectivity index (χ2v) is 5.40. The van der Waals surface area contributed by atoms with Crippen LogP contribution in [0.25, 0.3) is 11.6 Å². The number of hydrogen-bond donors (Lipinski definition) is 1. The Balaban J connectivity index is 2.10. The van der Waals surface area contributed by atoms with E-state index in [0.29, 0.717) is 0 Å². The molecule has 0 amide bonds. The highest BCUT2D eigenvalue weighted by Crippen LogP contribution is 2.26. The van der Waals surface area contributed by atoms with Crippen molar-refractivity contribution in [3.63, 3.8) is 0 Å². The van der Waals surface area contributed by atoms with E-state index >= 15 is 0 Å². The van der Waals surface area contributed by atoms with E-state index in [-0.39, 0.29) is 0 Å². The second-order valence-electron chi connectivity index (χ2n) is 4.88. The summed E-state index contributed by atoms with van der Waals surface area (Å²) < 4.78 is 0. The van der Waals surface area contributed by atoms with E-state index in [1.165, 1.54) is 22.3 Å². The summed E-state index contributed by atoms with van der Waals surface area (Å²) in [6.07, 6.45) is 2.22. The Bertz CT molecular complexity index is 684. The third kappa shape index (κ3) is 3.45. The van der Waals surface area contributed by atoms with Crippen LogP contribution in [0.2, 0.25) is 0 Å². The van der Waals surface area contributed by atoms with E-state index in [2.05, 4.69) is 79.4 Å². The van der Waals surface area contributed by atoms with Crippen LogP contribution in [0.15, 0.2) is 89.8 Å². The first-order valence-corrected chi connectivity index (χ1v) is 7.39. The molecule has 0 nitrogen and oxygen atoms in total. The molecule has 0 unspecified atom stereocenters. The fourth-order valence-electron chi connectivity index (χ4n) is 2.31. The first-order chi connectivity index (χ1) is 10.3. The topological polar surface area (TPSA) is 0 Å². The van der Waals surface area contributed by atoms with Gasteiger partial charge in [-0.05, 0) is 40.5 Å². The average Bonchev–Trinajstić information content (AvgIpc) is 2.56. The molecule has 102 valence electrons. The Hall–Kier alpha value is -2.25. The maximum absolute atomic E-state index is 4.34. The Kier molecular flexibility index (Phi) is 4.23. The maximum Gasteiger partial charge on any atom is 0.00403 e. The van der Waals surface area contributed by atoms with E-state index in [4.69, 9.17) is 0 Å². The molecule has 0 N–H and O–H groups in total. The molecule has 0 radical (unpaired) electrons. The van der Waals surface area contributed by atoms with Crippen LogP contribution in [0.1, 0.15) is 16.7 Å². The van der Waals surface area contributed by atoms with Gasteiger partial charge < -0.3 is 0 Å². The molecule has 0 saturated carbocycles. The van der Waals surface area contributed by atoms with Gasteiger partial charge in [0, 0.05) is 4.90 Å². The Morgan fingerprint density at radius 1 is 0.619 bits per heavy atom. The molecule has 0 bridgehead atoms. The zero-order valence-electron chi connectivity index (χ0n) is 11.6. The highest BCUT2D eigenvalue weighted by atomic mass is 32.1. The van der Waals surface area contributed by atoms with Crippen molar-refractivity contribution in [1.29, 1.82) is 0 Å². The summed E-state index contributed by atoms with van der Waals surface area (Å²) in [5.41, 5.74) is 4.84. The molecule has 0 aliphatic rings. The Morgan fingerprint density at radius 3 is 1.57 bits per heavy atom. The van der Waals surface area contributed by atoms with Crippen molar-refractivity contribution in [2.24, 2.45) is 0 Å². The summed E-state index contributed by atoms with van der Waals surface area (Å²) in [6.45, 7) is 0. The summed E-state index contributed by atoms with van der Waals surface area (Å²) in [5.74, 6) is 0. The van der Waals surface area contributed by atoms with Crippen molar-refractivity contribution in [1.82, 2.24) is 0 Å². The lowest BCUT2D eigenvalue weighted by Gasteiger charge is -2.09. The van der Waals surface area contributed by atoms with Crippen molar-refractivity contribution in [2.75, 3.05) is 0 Å². The first-order valence-electron chi connectivity index (χ1n) is 6.94. The van der Waals surface area contributed by atoms with Crippen LogP contribution in [0.3, 0.4) is 0 Å². The van der Waals surface area contributed by atoms with E-state index < -0.39 is 0 Å². The van der Waals surface area contributed by atoms with Crippen LogP contribution in [-0.2, 0) is 0 Å². The monoisotopic (exact) mass is 288 g/mol. The standard InChI is InChI=1S/C20H16S/c21-19-13-11-16(12-14-19)15-20(17-7-3-1-4-8-17)18-9-5-2-6-10-18/h1-15,21H. The van der Waals surface area contributed by atoms with Gasteiger partial charge in [0.05, 0.1) is 0 Å². The first kappa shape index (κ1) is 13.7. The van der Waals surface area contributed by atoms with Crippen molar-refractivity contribution >= 4 is 24.3 Å². The molecule has 0 atom stereocenters. The van der Waals surface area contributed by atoms with Crippen molar-refractivity contribution in [2.45, 2.75) is 4.90 Å². The molecule has 1 heteroatoms. The van der Waals surface area contributed by atoms with Crippen LogP contribution in [0.4, 0.5) is 0 Å². The lowest BCUT2D eigenvalue weighted by Crippen LogP contribution is -1.87. The average molecular weight is 288 g/mol. The molecule has 3 rings (SSSR count). The fraction of sp³-hybridized carbons (Fsp3) is 0. The highest BCUT2D eigenvalue weighted by Gasteiger charge is 2.04. The SMILES string of the molecule is Sc1ccc(C=C(c2ccccc2)c2ccccc2)cc1. The van der Waals surface area contributed by atoms with Gasteiger partial charge in [-0.15, -0.1) is 12.6 Å². The summed E-state index contributed by atoms with van der Waals surface area (Å²) in [4.78, 5) is 0.980. The van der Waals surface area contributed by atoms with Crippen molar-refractivity contribution in [3.05, 3.63) is 102 Å². The third-order valence-corrected chi connectivity index (χ3v) is 3.67. The Morgan fingerprint density at radius 2 is 1.10 bits per heavy atom. The van der Waals surface area contributed by atoms with E-state index in [1.54, 1.807) is 0 Å². The molecule has 0 aliphatic heterocycles. The lowest BCUT2D eigenvalue weighted by molar-refractivity contribution is 1.46. The summed E-state index contributed by atoms with van der Waals surface area (Å²) in [7, 11) is 0. The van der Waals surface area contributed by atoms with E-state index in [1.807, 2.05) is 24.3 Å². The van der Waals surface area contributed by atoms with Gasteiger partial charge in [-0.2, -0.15) is 0 Å². The molecule has 0 aliphatic carbocycles. The number of rotatable bonds is 3. The van der Waals surface area contributed by atoms with Gasteiger partial charge in [0.1, 0.15) is 0 Å². The van der Waals surface area contributed by atoms with Crippen LogP contribution in [0.5, 0.6) is 0 Å². The van der Waals surface area contributed by atoms with E-state index in [0.717, 1.165) is 4.90 Å². The summed E-state index contributed by atoms with van der Waals surface area (Å²) in [6, 6.07) is 29.2. The zero-order chi connectivity index (χ0) is 14.5. The molecule has 0 saturated heterocycles. The van der Waals surface area contributed by atoms with Crippen LogP contribution in [0, 0.1) is 0 Å². The van der Waals surface area contributed by atoms with Crippen LogP contribution >= 0.6 is 12.6 Å². The molecule has 3 aromatic carbocycles. The van der Waals surface area contributed by atoms with Crippen molar-refractivity contribution < 1.29 is 0 Å². The smallest absolute Gasteiger partial charge is 0.00403 e. The van der Waals surface area contributed by atoms with Crippen LogP contribution < -0.4 is 0 Å². The molecule has 21 heavy (non-hydrogen) atoms. The Labute approximate surface area is 131 Å². The largest absolute Gasteiger partial charge is 0.143 e. The predicted octanol–water partition coefficient (Wildman–Crippen LogP) is 5.56. The van der Waals surface area contributed by atoms with Gasteiger partial charge >= 0.3 is 0 Å². The molecule has 3 aromatic rings. The maximum atomic E-state index is 4.34. The molecular formula is C20H16S.